The number of halogens is 1. The molecule has 4 heterocycles. The van der Waals surface area contributed by atoms with Crippen LogP contribution in [0, 0.1) is 5.82 Å². The number of ether oxygens (including phenoxy) is 2. The molecule has 0 saturated carbocycles. The van der Waals surface area contributed by atoms with E-state index in [2.05, 4.69) is 15.2 Å². The van der Waals surface area contributed by atoms with Crippen molar-refractivity contribution in [2.24, 2.45) is 0 Å². The molecule has 0 bridgehead atoms. The maximum atomic E-state index is 14.4. The van der Waals surface area contributed by atoms with Gasteiger partial charge < -0.3 is 14.8 Å². The molecule has 1 aromatic carbocycles. The number of ketones is 1. The van der Waals surface area contributed by atoms with E-state index in [1.807, 2.05) is 18.2 Å². The highest BCUT2D eigenvalue weighted by molar-refractivity contribution is 7.17. The molecule has 35 heavy (non-hydrogen) atoms. The smallest absolute Gasteiger partial charge is 0.242 e. The number of nitrogens with one attached hydrogen (secondary N) is 1. The second kappa shape index (κ2) is 10.2. The first-order valence-electron chi connectivity index (χ1n) is 11.6. The topological polar surface area (TPSA) is 80.8 Å². The molecule has 1 N–H and O–H groups in total. The number of amides is 1. The number of pyridine rings is 1. The molecular formula is C26H26FN3O4S. The van der Waals surface area contributed by atoms with E-state index in [9.17, 15) is 14.0 Å². The molecule has 9 heteroatoms. The summed E-state index contributed by atoms with van der Waals surface area (Å²) in [5.74, 6) is 0.0998. The number of aromatic nitrogens is 1. The van der Waals surface area contributed by atoms with Crippen molar-refractivity contribution in [3.8, 4) is 16.2 Å². The third-order valence-corrected chi connectivity index (χ3v) is 7.46. The fourth-order valence-electron chi connectivity index (χ4n) is 4.58. The van der Waals surface area contributed by atoms with Crippen LogP contribution in [-0.4, -0.2) is 60.5 Å². The van der Waals surface area contributed by atoms with Gasteiger partial charge in [0.25, 0.3) is 0 Å². The zero-order valence-electron chi connectivity index (χ0n) is 19.3. The van der Waals surface area contributed by atoms with Gasteiger partial charge in [-0.2, -0.15) is 0 Å². The molecule has 1 amide bonds. The first kappa shape index (κ1) is 23.6. The summed E-state index contributed by atoms with van der Waals surface area (Å²) < 4.78 is 26.1. The Morgan fingerprint density at radius 3 is 2.80 bits per heavy atom. The van der Waals surface area contributed by atoms with Crippen LogP contribution in [-0.2, 0) is 16.0 Å². The monoisotopic (exact) mass is 495 g/mol. The van der Waals surface area contributed by atoms with Gasteiger partial charge in [-0.15, -0.1) is 11.3 Å². The van der Waals surface area contributed by atoms with Crippen molar-refractivity contribution in [2.75, 3.05) is 32.8 Å². The second-order valence-electron chi connectivity index (χ2n) is 8.69. The zero-order chi connectivity index (χ0) is 24.4. The highest BCUT2D eigenvalue weighted by Gasteiger charge is 2.32. The molecule has 0 spiro atoms. The van der Waals surface area contributed by atoms with Gasteiger partial charge in [-0.3, -0.25) is 19.5 Å². The van der Waals surface area contributed by atoms with E-state index in [0.717, 1.165) is 16.0 Å². The quantitative estimate of drug-likeness (QED) is 0.504. The lowest BCUT2D eigenvalue weighted by Crippen LogP contribution is -2.47. The average Bonchev–Trinajstić information content (AvgIpc) is 3.51. The SMILES string of the molecule is CC(=O)c1ccc(-c2cc(F)cc3c2O[C@H](CNC(=O)[C@@H](c2cccnc2)N2CCOCC2)C3)s1. The lowest BCUT2D eigenvalue weighted by Gasteiger charge is -2.33. The van der Waals surface area contributed by atoms with Crippen LogP contribution in [0.5, 0.6) is 5.75 Å². The zero-order valence-corrected chi connectivity index (χ0v) is 20.1. The normalized spacial score (nSPS) is 18.5. The summed E-state index contributed by atoms with van der Waals surface area (Å²) in [4.78, 5) is 32.7. The first-order valence-corrected chi connectivity index (χ1v) is 12.4. The number of nitrogens with zero attached hydrogens (tertiary/aromatic N) is 2. The van der Waals surface area contributed by atoms with Gasteiger partial charge in [0.1, 0.15) is 23.7 Å². The molecule has 182 valence electrons. The third kappa shape index (κ3) is 5.12. The minimum atomic E-state index is -0.472. The maximum Gasteiger partial charge on any atom is 0.242 e. The van der Waals surface area contributed by atoms with E-state index >= 15 is 0 Å². The highest BCUT2D eigenvalue weighted by Crippen LogP contribution is 2.42. The van der Waals surface area contributed by atoms with Gasteiger partial charge in [-0.05, 0) is 42.8 Å². The fraction of sp³-hybridized carbons (Fsp3) is 0.346. The van der Waals surface area contributed by atoms with E-state index in [4.69, 9.17) is 9.47 Å². The number of Topliss-reactive ketones (excluding diaryl/α,β-unsaturated/α-hetero) is 1. The Hall–Kier alpha value is -3.14. The molecule has 0 unspecified atom stereocenters. The summed E-state index contributed by atoms with van der Waals surface area (Å²) in [5.41, 5.74) is 2.22. The summed E-state index contributed by atoms with van der Waals surface area (Å²) in [6.07, 6.45) is 3.57. The number of fused-ring (bicyclic) bond motifs is 1. The second-order valence-corrected chi connectivity index (χ2v) is 9.77. The van der Waals surface area contributed by atoms with Crippen LogP contribution >= 0.6 is 11.3 Å². The number of carbonyl (C=O) groups excluding carboxylic acids is 2. The molecule has 2 aliphatic heterocycles. The van der Waals surface area contributed by atoms with Crippen molar-refractivity contribution >= 4 is 23.0 Å². The van der Waals surface area contributed by atoms with Crippen molar-refractivity contribution in [3.05, 3.63) is 70.6 Å². The van der Waals surface area contributed by atoms with Crippen molar-refractivity contribution < 1.29 is 23.5 Å². The average molecular weight is 496 g/mol. The summed E-state index contributed by atoms with van der Waals surface area (Å²) in [6, 6.07) is 9.73. The van der Waals surface area contributed by atoms with Crippen molar-refractivity contribution in [1.82, 2.24) is 15.2 Å². The Morgan fingerprint density at radius 1 is 1.26 bits per heavy atom. The van der Waals surface area contributed by atoms with Crippen LogP contribution < -0.4 is 10.1 Å². The number of hydrogen-bond donors (Lipinski definition) is 1. The van der Waals surface area contributed by atoms with Crippen LogP contribution in [0.3, 0.4) is 0 Å². The molecule has 1 fully saturated rings. The van der Waals surface area contributed by atoms with E-state index in [-0.39, 0.29) is 23.6 Å². The maximum absolute atomic E-state index is 14.4. The number of morpholine rings is 1. The molecule has 2 aliphatic rings. The van der Waals surface area contributed by atoms with Gasteiger partial charge in [0, 0.05) is 47.9 Å². The lowest BCUT2D eigenvalue weighted by atomic mass is 10.0. The predicted octanol–water partition coefficient (Wildman–Crippen LogP) is 3.65. The Morgan fingerprint density at radius 2 is 2.09 bits per heavy atom. The number of thiophene rings is 1. The van der Waals surface area contributed by atoms with Gasteiger partial charge in [0.2, 0.25) is 5.91 Å². The Balaban J connectivity index is 1.30. The minimum Gasteiger partial charge on any atom is -0.487 e. The number of hydrogen-bond acceptors (Lipinski definition) is 7. The number of rotatable bonds is 7. The number of benzene rings is 1. The summed E-state index contributed by atoms with van der Waals surface area (Å²) >= 11 is 1.32. The standard InChI is InChI=1S/C26H26FN3O4S/c1-16(31)22-4-5-23(35-22)21-13-19(27)11-18-12-20(34-25(18)21)15-29-26(32)24(17-3-2-6-28-14-17)30-7-9-33-10-8-30/h2-6,11,13-14,20,24H,7-10,12,15H2,1H3,(H,29,32)/t20-,24+/m0/s1. The van der Waals surface area contributed by atoms with Crippen LogP contribution in [0.4, 0.5) is 4.39 Å². The molecule has 0 radical (unpaired) electrons. The highest BCUT2D eigenvalue weighted by atomic mass is 32.1. The predicted molar refractivity (Wildman–Crippen MR) is 130 cm³/mol. The molecule has 1 saturated heterocycles. The minimum absolute atomic E-state index is 0.0285. The Labute approximate surface area is 206 Å². The van der Waals surface area contributed by atoms with Gasteiger partial charge in [-0.25, -0.2) is 4.39 Å². The molecule has 0 aliphatic carbocycles. The molecule has 2 aromatic heterocycles. The number of carbonyl (C=O) groups is 2. The van der Waals surface area contributed by atoms with Gasteiger partial charge >= 0.3 is 0 Å². The summed E-state index contributed by atoms with van der Waals surface area (Å²) in [6.45, 7) is 4.27. The molecule has 2 atom stereocenters. The Bertz CT molecular complexity index is 1230. The third-order valence-electron chi connectivity index (χ3n) is 6.24. The van der Waals surface area contributed by atoms with Crippen LogP contribution in [0.1, 0.15) is 33.8 Å². The largest absolute Gasteiger partial charge is 0.487 e. The summed E-state index contributed by atoms with van der Waals surface area (Å²) in [7, 11) is 0. The van der Waals surface area contributed by atoms with Crippen LogP contribution in [0.15, 0.2) is 48.8 Å². The van der Waals surface area contributed by atoms with Gasteiger partial charge in [0.15, 0.2) is 5.78 Å². The van der Waals surface area contributed by atoms with Crippen LogP contribution in [0.25, 0.3) is 10.4 Å². The fourth-order valence-corrected chi connectivity index (χ4v) is 5.49. The van der Waals surface area contributed by atoms with E-state index in [1.165, 1.54) is 30.4 Å². The molecule has 5 rings (SSSR count). The van der Waals surface area contributed by atoms with Crippen molar-refractivity contribution in [2.45, 2.75) is 25.5 Å². The van der Waals surface area contributed by atoms with Crippen molar-refractivity contribution in [3.63, 3.8) is 0 Å². The van der Waals surface area contributed by atoms with Crippen molar-refractivity contribution in [1.29, 1.82) is 0 Å². The van der Waals surface area contributed by atoms with Crippen LogP contribution in [0.2, 0.25) is 0 Å². The molecule has 3 aromatic rings. The van der Waals surface area contributed by atoms with E-state index < -0.39 is 6.04 Å². The Kier molecular flexibility index (Phi) is 6.90. The van der Waals surface area contributed by atoms with E-state index in [1.54, 1.807) is 18.5 Å². The van der Waals surface area contributed by atoms with Gasteiger partial charge in [-0.1, -0.05) is 6.07 Å². The van der Waals surface area contributed by atoms with Gasteiger partial charge in [0.05, 0.1) is 24.6 Å². The first-order chi connectivity index (χ1) is 17.0. The lowest BCUT2D eigenvalue weighted by molar-refractivity contribution is -0.128. The molecular weight excluding hydrogens is 469 g/mol. The summed E-state index contributed by atoms with van der Waals surface area (Å²) in [5, 5.41) is 3.04. The van der Waals surface area contributed by atoms with E-state index in [0.29, 0.717) is 55.5 Å². The molecule has 7 nitrogen and oxygen atoms in total.